The second-order valence-electron chi connectivity index (χ2n) is 3.79. The Labute approximate surface area is 114 Å². The summed E-state index contributed by atoms with van der Waals surface area (Å²) in [7, 11) is 1.80. The Bertz CT molecular complexity index is 436. The summed E-state index contributed by atoms with van der Waals surface area (Å²) in [4.78, 5) is 24.2. The summed E-state index contributed by atoms with van der Waals surface area (Å²) in [6.45, 7) is 7.77. The third-order valence-corrected chi connectivity index (χ3v) is 2.24. The molecule has 0 spiro atoms. The Morgan fingerprint density at radius 3 is 2.47 bits per heavy atom. The van der Waals surface area contributed by atoms with Crippen molar-refractivity contribution in [3.05, 3.63) is 24.0 Å². The van der Waals surface area contributed by atoms with Crippen molar-refractivity contribution in [2.45, 2.75) is 34.1 Å². The van der Waals surface area contributed by atoms with E-state index in [2.05, 4.69) is 5.10 Å². The van der Waals surface area contributed by atoms with Crippen LogP contribution in [0, 0.1) is 0 Å². The van der Waals surface area contributed by atoms with Gasteiger partial charge in [-0.3, -0.25) is 19.2 Å². The molecule has 0 atom stereocenters. The molecule has 2 amide bonds. The van der Waals surface area contributed by atoms with Crippen LogP contribution in [-0.4, -0.2) is 33.0 Å². The van der Waals surface area contributed by atoms with Crippen molar-refractivity contribution in [2.75, 3.05) is 6.54 Å². The molecule has 19 heavy (non-hydrogen) atoms. The smallest absolute Gasteiger partial charge is 0.253 e. The number of amides is 2. The first-order valence-electron chi connectivity index (χ1n) is 6.53. The standard InChI is InChI=1S/C12H17N3O2.C2H6/c1-4-7-15(10(2)16)12(17)6-5-11-8-13-14(3)9-11;1-2/h5-6,8-9H,4,7H2,1-3H3;1-2H3/b6-5+;. The van der Waals surface area contributed by atoms with E-state index in [4.69, 9.17) is 0 Å². The topological polar surface area (TPSA) is 55.2 Å². The molecule has 0 fully saturated rings. The van der Waals surface area contributed by atoms with Crippen LogP contribution < -0.4 is 0 Å². The average molecular weight is 265 g/mol. The molecule has 0 bridgehead atoms. The van der Waals surface area contributed by atoms with Gasteiger partial charge in [0, 0.05) is 38.4 Å². The molecule has 106 valence electrons. The zero-order valence-electron chi connectivity index (χ0n) is 12.4. The number of carbonyl (C=O) groups excluding carboxylic acids is 2. The molecule has 0 aromatic carbocycles. The Morgan fingerprint density at radius 2 is 2.05 bits per heavy atom. The van der Waals surface area contributed by atoms with E-state index < -0.39 is 0 Å². The highest BCUT2D eigenvalue weighted by atomic mass is 16.2. The maximum atomic E-state index is 11.7. The van der Waals surface area contributed by atoms with Crippen LogP contribution >= 0.6 is 0 Å². The van der Waals surface area contributed by atoms with E-state index in [1.54, 1.807) is 30.2 Å². The van der Waals surface area contributed by atoms with Gasteiger partial charge in [-0.15, -0.1) is 0 Å². The Hall–Kier alpha value is -1.91. The number of imide groups is 1. The summed E-state index contributed by atoms with van der Waals surface area (Å²) in [5, 5.41) is 3.98. The Balaban J connectivity index is 0.00000154. The molecule has 1 aromatic heterocycles. The van der Waals surface area contributed by atoms with Crippen molar-refractivity contribution in [1.29, 1.82) is 0 Å². The van der Waals surface area contributed by atoms with E-state index in [-0.39, 0.29) is 11.8 Å². The molecule has 0 N–H and O–H groups in total. The molecule has 0 aliphatic carbocycles. The van der Waals surface area contributed by atoms with E-state index in [1.807, 2.05) is 20.8 Å². The third kappa shape index (κ3) is 5.99. The molecular formula is C14H23N3O2. The normalized spacial score (nSPS) is 9.95. The lowest BCUT2D eigenvalue weighted by Crippen LogP contribution is -2.34. The van der Waals surface area contributed by atoms with Crippen LogP contribution in [0.25, 0.3) is 6.08 Å². The highest BCUT2D eigenvalue weighted by molar-refractivity contribution is 6.02. The minimum absolute atomic E-state index is 0.229. The SMILES string of the molecule is CC.CCCN(C(C)=O)C(=O)/C=C/c1cnn(C)c1. The van der Waals surface area contributed by atoms with Crippen LogP contribution in [0.15, 0.2) is 18.5 Å². The summed E-state index contributed by atoms with van der Waals surface area (Å²) in [5.41, 5.74) is 0.834. The van der Waals surface area contributed by atoms with Gasteiger partial charge in [0.2, 0.25) is 5.91 Å². The largest absolute Gasteiger partial charge is 0.279 e. The third-order valence-electron chi connectivity index (χ3n) is 2.24. The van der Waals surface area contributed by atoms with Gasteiger partial charge in [-0.05, 0) is 12.5 Å². The number of nitrogens with zero attached hydrogens (tertiary/aromatic N) is 3. The summed E-state index contributed by atoms with van der Waals surface area (Å²) in [5.74, 6) is -0.518. The van der Waals surface area contributed by atoms with Gasteiger partial charge in [-0.25, -0.2) is 0 Å². The molecule has 5 nitrogen and oxygen atoms in total. The van der Waals surface area contributed by atoms with Gasteiger partial charge in [0.05, 0.1) is 6.20 Å². The Morgan fingerprint density at radius 1 is 1.42 bits per heavy atom. The minimum atomic E-state index is -0.289. The second kappa shape index (κ2) is 9.08. The summed E-state index contributed by atoms with van der Waals surface area (Å²) >= 11 is 0. The van der Waals surface area contributed by atoms with Crippen LogP contribution in [0.4, 0.5) is 0 Å². The maximum Gasteiger partial charge on any atom is 0.253 e. The van der Waals surface area contributed by atoms with Gasteiger partial charge in [-0.2, -0.15) is 5.10 Å². The van der Waals surface area contributed by atoms with Gasteiger partial charge in [0.1, 0.15) is 0 Å². The molecule has 5 heteroatoms. The van der Waals surface area contributed by atoms with Crippen molar-refractivity contribution in [3.8, 4) is 0 Å². The van der Waals surface area contributed by atoms with E-state index in [1.165, 1.54) is 17.9 Å². The van der Waals surface area contributed by atoms with Crippen LogP contribution in [0.2, 0.25) is 0 Å². The van der Waals surface area contributed by atoms with E-state index in [0.29, 0.717) is 6.54 Å². The summed E-state index contributed by atoms with van der Waals surface area (Å²) in [6, 6.07) is 0. The first kappa shape index (κ1) is 17.1. The van der Waals surface area contributed by atoms with Gasteiger partial charge < -0.3 is 0 Å². The van der Waals surface area contributed by atoms with Gasteiger partial charge >= 0.3 is 0 Å². The second-order valence-corrected chi connectivity index (χ2v) is 3.79. The molecule has 0 radical (unpaired) electrons. The summed E-state index contributed by atoms with van der Waals surface area (Å²) in [6.07, 6.45) is 7.25. The summed E-state index contributed by atoms with van der Waals surface area (Å²) < 4.78 is 1.65. The molecular weight excluding hydrogens is 242 g/mol. The van der Waals surface area contributed by atoms with Crippen LogP contribution in [0.5, 0.6) is 0 Å². The van der Waals surface area contributed by atoms with Gasteiger partial charge in [0.25, 0.3) is 5.91 Å². The highest BCUT2D eigenvalue weighted by Crippen LogP contribution is 2.02. The lowest BCUT2D eigenvalue weighted by Gasteiger charge is -2.15. The van der Waals surface area contributed by atoms with Crippen LogP contribution in [-0.2, 0) is 16.6 Å². The van der Waals surface area contributed by atoms with E-state index >= 15 is 0 Å². The lowest BCUT2D eigenvalue weighted by molar-refractivity contribution is -0.140. The zero-order valence-corrected chi connectivity index (χ0v) is 12.4. The van der Waals surface area contributed by atoms with Crippen LogP contribution in [0.1, 0.15) is 39.7 Å². The predicted molar refractivity (Wildman–Crippen MR) is 76.3 cm³/mol. The molecule has 0 saturated heterocycles. The molecule has 1 aromatic rings. The molecule has 1 rings (SSSR count). The number of rotatable bonds is 4. The van der Waals surface area contributed by atoms with E-state index in [0.717, 1.165) is 12.0 Å². The number of carbonyl (C=O) groups is 2. The molecule has 0 aliphatic rings. The van der Waals surface area contributed by atoms with Crippen molar-refractivity contribution in [2.24, 2.45) is 7.05 Å². The first-order chi connectivity index (χ1) is 9.04. The number of hydrogen-bond acceptors (Lipinski definition) is 3. The van der Waals surface area contributed by atoms with E-state index in [9.17, 15) is 9.59 Å². The molecule has 0 saturated carbocycles. The van der Waals surface area contributed by atoms with Gasteiger partial charge in [-0.1, -0.05) is 20.8 Å². The fourth-order valence-electron chi connectivity index (χ4n) is 1.43. The molecule has 1 heterocycles. The monoisotopic (exact) mass is 265 g/mol. The van der Waals surface area contributed by atoms with Crippen LogP contribution in [0.3, 0.4) is 0 Å². The maximum absolute atomic E-state index is 11.7. The average Bonchev–Trinajstić information content (AvgIpc) is 2.81. The predicted octanol–water partition coefficient (Wildman–Crippen LogP) is 2.24. The molecule has 0 unspecified atom stereocenters. The lowest BCUT2D eigenvalue weighted by atomic mass is 10.3. The fourth-order valence-corrected chi connectivity index (χ4v) is 1.43. The van der Waals surface area contributed by atoms with Crippen molar-refractivity contribution < 1.29 is 9.59 Å². The quantitative estimate of drug-likeness (QED) is 0.785. The minimum Gasteiger partial charge on any atom is -0.279 e. The number of aryl methyl sites for hydroxylation is 1. The van der Waals surface area contributed by atoms with Crippen molar-refractivity contribution in [3.63, 3.8) is 0 Å². The van der Waals surface area contributed by atoms with Gasteiger partial charge in [0.15, 0.2) is 0 Å². The zero-order chi connectivity index (χ0) is 14.8. The van der Waals surface area contributed by atoms with Crippen molar-refractivity contribution >= 4 is 17.9 Å². The fraction of sp³-hybridized carbons (Fsp3) is 0.500. The number of hydrogen-bond donors (Lipinski definition) is 0. The van der Waals surface area contributed by atoms with Crippen molar-refractivity contribution in [1.82, 2.24) is 14.7 Å². The molecule has 0 aliphatic heterocycles. The Kier molecular flexibility index (Phi) is 8.17. The highest BCUT2D eigenvalue weighted by Gasteiger charge is 2.13. The first-order valence-corrected chi connectivity index (χ1v) is 6.53. The number of aromatic nitrogens is 2.